The number of rotatable bonds is 8. The number of halogens is 2. The molecule has 2 aromatic rings. The Morgan fingerprint density at radius 3 is 2.27 bits per heavy atom. The Morgan fingerprint density at radius 1 is 1.02 bits per heavy atom. The van der Waals surface area contributed by atoms with Crippen molar-refractivity contribution in [3.8, 4) is 0 Å². The Bertz CT molecular complexity index is 1230. The molecule has 214 valence electrons. The van der Waals surface area contributed by atoms with E-state index in [9.17, 15) is 19.2 Å². The van der Waals surface area contributed by atoms with Crippen LogP contribution in [0, 0.1) is 0 Å². The predicted octanol–water partition coefficient (Wildman–Crippen LogP) is 3.53. The maximum atomic E-state index is 13.6. The molecule has 2 saturated heterocycles. The van der Waals surface area contributed by atoms with Gasteiger partial charge in [-0.1, -0.05) is 54.4 Å². The zero-order chi connectivity index (χ0) is 28.9. The second-order valence-corrected chi connectivity index (χ2v) is 10.6. The lowest BCUT2D eigenvalue weighted by atomic mass is 9.85. The van der Waals surface area contributed by atoms with Crippen molar-refractivity contribution in [2.75, 3.05) is 44.9 Å². The van der Waals surface area contributed by atoms with E-state index < -0.39 is 29.5 Å². The second-order valence-electron chi connectivity index (χ2n) is 9.82. The van der Waals surface area contributed by atoms with Gasteiger partial charge in [-0.3, -0.25) is 9.59 Å². The van der Waals surface area contributed by atoms with Crippen LogP contribution >= 0.6 is 23.2 Å². The van der Waals surface area contributed by atoms with Gasteiger partial charge in [-0.2, -0.15) is 0 Å². The molecule has 0 saturated carbocycles. The van der Waals surface area contributed by atoms with Crippen molar-refractivity contribution in [3.63, 3.8) is 0 Å². The van der Waals surface area contributed by atoms with E-state index in [0.717, 1.165) is 12.1 Å². The van der Waals surface area contributed by atoms with Crippen LogP contribution in [0.2, 0.25) is 10.0 Å². The highest BCUT2D eigenvalue weighted by atomic mass is 35.5. The Kier molecular flexibility index (Phi) is 9.42. The summed E-state index contributed by atoms with van der Waals surface area (Å²) in [4.78, 5) is 57.5. The number of hydrogen-bond donors (Lipinski definition) is 2. The molecule has 2 heterocycles. The Morgan fingerprint density at radius 2 is 1.68 bits per heavy atom. The van der Waals surface area contributed by atoms with E-state index in [1.165, 1.54) is 19.2 Å². The summed E-state index contributed by atoms with van der Waals surface area (Å²) >= 11 is 12.2. The third kappa shape index (κ3) is 5.97. The van der Waals surface area contributed by atoms with Crippen LogP contribution in [0.1, 0.15) is 36.5 Å². The minimum atomic E-state index is -1.17. The number of carbonyl (C=O) groups excluding carboxylic acids is 4. The molecule has 0 radical (unpaired) electrons. The summed E-state index contributed by atoms with van der Waals surface area (Å²) in [6.45, 7) is 3.73. The predicted molar refractivity (Wildman–Crippen MR) is 152 cm³/mol. The van der Waals surface area contributed by atoms with E-state index in [1.54, 1.807) is 11.0 Å². The zero-order valence-electron chi connectivity index (χ0n) is 22.5. The number of amides is 4. The largest absolute Gasteiger partial charge is 0.467 e. The fourth-order valence-electron chi connectivity index (χ4n) is 5.30. The first-order valence-corrected chi connectivity index (χ1v) is 13.9. The Labute approximate surface area is 243 Å². The van der Waals surface area contributed by atoms with Crippen LogP contribution in [0.4, 0.5) is 10.5 Å². The van der Waals surface area contributed by atoms with Crippen molar-refractivity contribution in [1.82, 2.24) is 20.4 Å². The van der Waals surface area contributed by atoms with E-state index in [1.807, 2.05) is 42.2 Å². The summed E-state index contributed by atoms with van der Waals surface area (Å²) in [6, 6.07) is 12.9. The van der Waals surface area contributed by atoms with Gasteiger partial charge in [0.15, 0.2) is 0 Å². The molecule has 12 heteroatoms. The van der Waals surface area contributed by atoms with Gasteiger partial charge in [0, 0.05) is 25.3 Å². The van der Waals surface area contributed by atoms with Gasteiger partial charge < -0.3 is 30.1 Å². The number of carbonyl (C=O) groups is 4. The quantitative estimate of drug-likeness (QED) is 0.456. The summed E-state index contributed by atoms with van der Waals surface area (Å²) in [5.74, 6) is -1.32. The number of urea groups is 1. The molecular formula is C28H33Cl2N5O5. The van der Waals surface area contributed by atoms with Crippen molar-refractivity contribution in [1.29, 1.82) is 0 Å². The van der Waals surface area contributed by atoms with Crippen LogP contribution < -0.4 is 15.5 Å². The molecule has 0 unspecified atom stereocenters. The van der Waals surface area contributed by atoms with Gasteiger partial charge in [0.25, 0.3) is 5.91 Å². The molecule has 2 aliphatic heterocycles. The average Bonchev–Trinajstić information content (AvgIpc) is 3.21. The van der Waals surface area contributed by atoms with Crippen LogP contribution in [0.25, 0.3) is 0 Å². The molecule has 1 spiro atoms. The first-order valence-electron chi connectivity index (χ1n) is 13.2. The number of piperidine rings is 1. The van der Waals surface area contributed by atoms with Gasteiger partial charge in [0.05, 0.1) is 35.9 Å². The van der Waals surface area contributed by atoms with E-state index >= 15 is 0 Å². The number of para-hydroxylation sites is 1. The topological polar surface area (TPSA) is 111 Å². The molecule has 2 fully saturated rings. The minimum absolute atomic E-state index is 0.0220. The van der Waals surface area contributed by atoms with Gasteiger partial charge in [0.1, 0.15) is 11.6 Å². The summed E-state index contributed by atoms with van der Waals surface area (Å²) in [7, 11) is 1.19. The third-order valence-corrected chi connectivity index (χ3v) is 8.02. The van der Waals surface area contributed by atoms with E-state index in [2.05, 4.69) is 15.5 Å². The van der Waals surface area contributed by atoms with Crippen molar-refractivity contribution < 1.29 is 23.9 Å². The monoisotopic (exact) mass is 589 g/mol. The van der Waals surface area contributed by atoms with E-state index in [0.29, 0.717) is 39.1 Å². The number of nitrogens with zero attached hydrogens (tertiary/aromatic N) is 3. The zero-order valence-corrected chi connectivity index (χ0v) is 24.0. The van der Waals surface area contributed by atoms with Gasteiger partial charge >= 0.3 is 12.0 Å². The lowest BCUT2D eigenvalue weighted by molar-refractivity contribution is -0.142. The number of benzene rings is 2. The maximum absolute atomic E-state index is 13.6. The molecule has 4 rings (SSSR count). The minimum Gasteiger partial charge on any atom is -0.467 e. The number of likely N-dealkylation sites (tertiary alicyclic amines) is 1. The Hall–Kier alpha value is -3.50. The molecule has 0 aromatic heterocycles. The summed E-state index contributed by atoms with van der Waals surface area (Å²) < 4.78 is 4.81. The third-order valence-electron chi connectivity index (χ3n) is 7.39. The van der Waals surface area contributed by atoms with Crippen molar-refractivity contribution in [2.24, 2.45) is 0 Å². The maximum Gasteiger partial charge on any atom is 0.330 e. The summed E-state index contributed by atoms with van der Waals surface area (Å²) in [5.41, 5.74) is 0.278. The number of anilines is 1. The molecule has 0 bridgehead atoms. The molecule has 2 aromatic carbocycles. The summed E-state index contributed by atoms with van der Waals surface area (Å²) in [5, 5.41) is 5.51. The first-order chi connectivity index (χ1) is 19.2. The number of hydrogen-bond acceptors (Lipinski definition) is 6. The highest BCUT2D eigenvalue weighted by Gasteiger charge is 2.53. The van der Waals surface area contributed by atoms with Crippen LogP contribution in [0.5, 0.6) is 0 Å². The number of esters is 1. The number of nitrogens with one attached hydrogen (secondary N) is 2. The highest BCUT2D eigenvalue weighted by Crippen LogP contribution is 2.39. The smallest absolute Gasteiger partial charge is 0.330 e. The second kappa shape index (κ2) is 12.8. The molecule has 1 atom stereocenters. The highest BCUT2D eigenvalue weighted by molar-refractivity contribution is 6.39. The molecule has 0 aliphatic carbocycles. The van der Waals surface area contributed by atoms with Crippen LogP contribution in [-0.2, 0) is 14.3 Å². The number of methoxy groups -OCH3 is 1. The first kappa shape index (κ1) is 29.5. The van der Waals surface area contributed by atoms with Gasteiger partial charge in [-0.05, 0) is 43.5 Å². The fraction of sp³-hybridized carbons (Fsp3) is 0.429. The van der Waals surface area contributed by atoms with Crippen molar-refractivity contribution >= 4 is 52.7 Å². The van der Waals surface area contributed by atoms with Gasteiger partial charge in [0.2, 0.25) is 5.91 Å². The fourth-order valence-corrected chi connectivity index (χ4v) is 5.87. The van der Waals surface area contributed by atoms with Crippen LogP contribution in [0.15, 0.2) is 48.5 Å². The lowest BCUT2D eigenvalue weighted by Crippen LogP contribution is -2.59. The van der Waals surface area contributed by atoms with Gasteiger partial charge in [-0.25, -0.2) is 9.59 Å². The number of ether oxygens (including phenoxy) is 1. The van der Waals surface area contributed by atoms with Crippen molar-refractivity contribution in [3.05, 3.63) is 64.1 Å². The molecule has 2 aliphatic rings. The van der Waals surface area contributed by atoms with Crippen molar-refractivity contribution in [2.45, 2.75) is 37.8 Å². The van der Waals surface area contributed by atoms with Gasteiger partial charge in [-0.15, -0.1) is 0 Å². The molecule has 10 nitrogen and oxygen atoms in total. The normalized spacial score (nSPS) is 17.1. The molecule has 40 heavy (non-hydrogen) atoms. The lowest BCUT2D eigenvalue weighted by Gasteiger charge is -2.43. The molecule has 4 amide bonds. The Balaban J connectivity index is 1.40. The van der Waals surface area contributed by atoms with Crippen LogP contribution in [0.3, 0.4) is 0 Å². The SMILES string of the molecule is CCCN1CN(c2ccccc2)C2(CCN(C(=O)NC[C@H](NC(=O)c3c(Cl)cccc3Cl)C(=O)OC)CC2)C1=O. The average molecular weight is 591 g/mol. The molecule has 2 N–H and O–H groups in total. The van der Waals surface area contributed by atoms with Crippen LogP contribution in [-0.4, -0.2) is 85.2 Å². The van der Waals surface area contributed by atoms with E-state index in [-0.39, 0.29) is 28.1 Å². The summed E-state index contributed by atoms with van der Waals surface area (Å²) in [6.07, 6.45) is 1.80. The molecular weight excluding hydrogens is 557 g/mol. The standard InChI is InChI=1S/C28H33Cl2N5O5/c1-3-14-34-18-35(19-8-5-4-6-9-19)28(26(34)38)12-15-33(16-13-28)27(39)31-17-22(25(37)40-2)32-24(36)23-20(29)10-7-11-21(23)30/h4-11,22H,3,12-18H2,1-2H3,(H,31,39)(H,32,36)/t22-/m0/s1. The van der Waals surface area contributed by atoms with E-state index in [4.69, 9.17) is 27.9 Å².